The molecule has 0 N–H and O–H groups in total. The summed E-state index contributed by atoms with van der Waals surface area (Å²) in [5.41, 5.74) is 0. The van der Waals surface area contributed by atoms with Gasteiger partial charge >= 0.3 is 0 Å². The standard InChI is InChI=1S/C12H26BrNO/c1-4-12(2)14(10-11-15-3)9-7-5-6-8-13/h12H,4-11H2,1-3H3. The molecule has 2 nitrogen and oxygen atoms in total. The maximum Gasteiger partial charge on any atom is 0.0589 e. The van der Waals surface area contributed by atoms with Crippen LogP contribution in [0.4, 0.5) is 0 Å². The van der Waals surface area contributed by atoms with Gasteiger partial charge in [0.05, 0.1) is 6.61 Å². The van der Waals surface area contributed by atoms with Gasteiger partial charge in [-0.3, -0.25) is 4.90 Å². The van der Waals surface area contributed by atoms with Gasteiger partial charge in [0.2, 0.25) is 0 Å². The number of unbranched alkanes of at least 4 members (excludes halogenated alkanes) is 2. The normalized spacial score (nSPS) is 13.4. The number of methoxy groups -OCH3 is 1. The van der Waals surface area contributed by atoms with E-state index in [1.54, 1.807) is 7.11 Å². The van der Waals surface area contributed by atoms with Crippen molar-refractivity contribution in [2.45, 2.75) is 45.6 Å². The van der Waals surface area contributed by atoms with Gasteiger partial charge in [0.15, 0.2) is 0 Å². The highest BCUT2D eigenvalue weighted by Crippen LogP contribution is 2.07. The first-order valence-electron chi connectivity index (χ1n) is 6.05. The minimum atomic E-state index is 0.684. The van der Waals surface area contributed by atoms with Crippen molar-refractivity contribution in [3.05, 3.63) is 0 Å². The predicted molar refractivity (Wildman–Crippen MR) is 70.8 cm³/mol. The molecule has 0 aromatic heterocycles. The lowest BCUT2D eigenvalue weighted by molar-refractivity contribution is 0.121. The van der Waals surface area contributed by atoms with E-state index in [0.717, 1.165) is 18.5 Å². The molecular formula is C12H26BrNO. The Hall–Kier alpha value is 0.400. The van der Waals surface area contributed by atoms with Crippen LogP contribution in [0.1, 0.15) is 39.5 Å². The number of hydrogen-bond acceptors (Lipinski definition) is 2. The fourth-order valence-corrected chi connectivity index (χ4v) is 2.00. The molecule has 0 saturated heterocycles. The zero-order chi connectivity index (χ0) is 11.5. The van der Waals surface area contributed by atoms with E-state index in [2.05, 4.69) is 34.7 Å². The number of nitrogens with zero attached hydrogens (tertiary/aromatic N) is 1. The molecular weight excluding hydrogens is 254 g/mol. The summed E-state index contributed by atoms with van der Waals surface area (Å²) in [6.45, 7) is 7.69. The van der Waals surface area contributed by atoms with Crippen LogP contribution in [0.15, 0.2) is 0 Å². The Morgan fingerprint density at radius 1 is 1.20 bits per heavy atom. The van der Waals surface area contributed by atoms with E-state index in [1.165, 1.54) is 32.2 Å². The van der Waals surface area contributed by atoms with Crippen LogP contribution in [-0.4, -0.2) is 43.1 Å². The van der Waals surface area contributed by atoms with Crippen molar-refractivity contribution in [2.75, 3.05) is 32.1 Å². The van der Waals surface area contributed by atoms with Crippen LogP contribution in [0.3, 0.4) is 0 Å². The Labute approximate surface area is 103 Å². The minimum Gasteiger partial charge on any atom is -0.383 e. The van der Waals surface area contributed by atoms with Gasteiger partial charge in [0.25, 0.3) is 0 Å². The summed E-state index contributed by atoms with van der Waals surface area (Å²) in [7, 11) is 1.78. The van der Waals surface area contributed by atoms with Crippen molar-refractivity contribution < 1.29 is 4.74 Å². The van der Waals surface area contributed by atoms with Crippen molar-refractivity contribution in [1.82, 2.24) is 4.90 Å². The van der Waals surface area contributed by atoms with Gasteiger partial charge < -0.3 is 4.74 Å². The van der Waals surface area contributed by atoms with Gasteiger partial charge in [0.1, 0.15) is 0 Å². The lowest BCUT2D eigenvalue weighted by Crippen LogP contribution is -2.36. The fourth-order valence-electron chi connectivity index (χ4n) is 1.61. The van der Waals surface area contributed by atoms with E-state index in [4.69, 9.17) is 4.74 Å². The van der Waals surface area contributed by atoms with Crippen LogP contribution < -0.4 is 0 Å². The molecule has 0 bridgehead atoms. The van der Waals surface area contributed by atoms with Crippen molar-refractivity contribution in [3.63, 3.8) is 0 Å². The van der Waals surface area contributed by atoms with Crippen molar-refractivity contribution >= 4 is 15.9 Å². The average Bonchev–Trinajstić information content (AvgIpc) is 2.27. The molecule has 0 aliphatic rings. The Balaban J connectivity index is 3.69. The van der Waals surface area contributed by atoms with Crippen LogP contribution in [0.25, 0.3) is 0 Å². The highest BCUT2D eigenvalue weighted by molar-refractivity contribution is 9.09. The van der Waals surface area contributed by atoms with Crippen molar-refractivity contribution in [1.29, 1.82) is 0 Å². The molecule has 0 heterocycles. The summed E-state index contributed by atoms with van der Waals surface area (Å²) in [5, 5.41) is 1.13. The first-order chi connectivity index (χ1) is 7.26. The molecule has 0 rings (SSSR count). The number of alkyl halides is 1. The monoisotopic (exact) mass is 279 g/mol. The van der Waals surface area contributed by atoms with Crippen molar-refractivity contribution in [2.24, 2.45) is 0 Å². The Morgan fingerprint density at radius 2 is 1.93 bits per heavy atom. The van der Waals surface area contributed by atoms with E-state index >= 15 is 0 Å². The summed E-state index contributed by atoms with van der Waals surface area (Å²) in [5.74, 6) is 0. The molecule has 0 aliphatic heterocycles. The Bertz CT molecular complexity index is 133. The number of rotatable bonds is 10. The van der Waals surface area contributed by atoms with Crippen LogP contribution >= 0.6 is 15.9 Å². The molecule has 15 heavy (non-hydrogen) atoms. The SMILES string of the molecule is CCC(C)N(CCCCCBr)CCOC. The van der Waals surface area contributed by atoms with Crippen LogP contribution in [0.5, 0.6) is 0 Å². The predicted octanol–water partition coefficient (Wildman–Crippen LogP) is 3.30. The zero-order valence-corrected chi connectivity index (χ0v) is 12.1. The van der Waals surface area contributed by atoms with Gasteiger partial charge in [-0.15, -0.1) is 0 Å². The van der Waals surface area contributed by atoms with E-state index in [9.17, 15) is 0 Å². The molecule has 1 unspecified atom stereocenters. The third kappa shape index (κ3) is 8.23. The van der Waals surface area contributed by atoms with Gasteiger partial charge in [0, 0.05) is 25.0 Å². The fraction of sp³-hybridized carbons (Fsp3) is 1.00. The van der Waals surface area contributed by atoms with Crippen molar-refractivity contribution in [3.8, 4) is 0 Å². The summed E-state index contributed by atoms with van der Waals surface area (Å²) in [4.78, 5) is 2.54. The van der Waals surface area contributed by atoms with Gasteiger partial charge in [-0.05, 0) is 32.7 Å². The molecule has 92 valence electrons. The summed E-state index contributed by atoms with van der Waals surface area (Å²) >= 11 is 3.47. The Kier molecular flexibility index (Phi) is 11.2. The highest BCUT2D eigenvalue weighted by Gasteiger charge is 2.10. The number of halogens is 1. The largest absolute Gasteiger partial charge is 0.383 e. The average molecular weight is 280 g/mol. The second-order valence-electron chi connectivity index (χ2n) is 4.04. The molecule has 1 atom stereocenters. The van der Waals surface area contributed by atoms with E-state index < -0.39 is 0 Å². The maximum absolute atomic E-state index is 5.15. The first-order valence-corrected chi connectivity index (χ1v) is 7.17. The summed E-state index contributed by atoms with van der Waals surface area (Å²) in [6.07, 6.45) is 5.14. The molecule has 0 aromatic rings. The molecule has 3 heteroatoms. The molecule has 0 aromatic carbocycles. The zero-order valence-electron chi connectivity index (χ0n) is 10.5. The second-order valence-corrected chi connectivity index (χ2v) is 4.83. The molecule has 0 aliphatic carbocycles. The van der Waals surface area contributed by atoms with Crippen LogP contribution in [0, 0.1) is 0 Å². The van der Waals surface area contributed by atoms with E-state index in [1.807, 2.05) is 0 Å². The quantitative estimate of drug-likeness (QED) is 0.450. The molecule has 0 radical (unpaired) electrons. The summed E-state index contributed by atoms with van der Waals surface area (Å²) in [6, 6.07) is 0.684. The van der Waals surface area contributed by atoms with Crippen LogP contribution in [0.2, 0.25) is 0 Å². The topological polar surface area (TPSA) is 12.5 Å². The van der Waals surface area contributed by atoms with E-state index in [-0.39, 0.29) is 0 Å². The Morgan fingerprint density at radius 3 is 2.47 bits per heavy atom. The molecule has 0 amide bonds. The third-order valence-corrected chi connectivity index (χ3v) is 3.44. The lowest BCUT2D eigenvalue weighted by Gasteiger charge is -2.28. The molecule has 0 saturated carbocycles. The lowest BCUT2D eigenvalue weighted by atomic mass is 10.2. The maximum atomic E-state index is 5.15. The minimum absolute atomic E-state index is 0.684. The summed E-state index contributed by atoms with van der Waals surface area (Å²) < 4.78 is 5.15. The number of hydrogen-bond donors (Lipinski definition) is 0. The first kappa shape index (κ1) is 15.4. The van der Waals surface area contributed by atoms with Gasteiger partial charge in [-0.2, -0.15) is 0 Å². The number of ether oxygens (including phenoxy) is 1. The highest BCUT2D eigenvalue weighted by atomic mass is 79.9. The van der Waals surface area contributed by atoms with Gasteiger partial charge in [-0.25, -0.2) is 0 Å². The second kappa shape index (κ2) is 10.9. The van der Waals surface area contributed by atoms with Gasteiger partial charge in [-0.1, -0.05) is 29.3 Å². The van der Waals surface area contributed by atoms with E-state index in [0.29, 0.717) is 6.04 Å². The smallest absolute Gasteiger partial charge is 0.0589 e. The molecule has 0 spiro atoms. The molecule has 0 fully saturated rings. The van der Waals surface area contributed by atoms with Crippen LogP contribution in [-0.2, 0) is 4.74 Å². The third-order valence-electron chi connectivity index (χ3n) is 2.88.